The third-order valence-electron chi connectivity index (χ3n) is 8.46. The normalized spacial score (nSPS) is 16.8. The number of aromatic carboxylic acids is 1. The van der Waals surface area contributed by atoms with Crippen LogP contribution in [-0.2, 0) is 16.2 Å². The van der Waals surface area contributed by atoms with Gasteiger partial charge in [0.15, 0.2) is 0 Å². The molecular weight excluding hydrogens is 609 g/mol. The van der Waals surface area contributed by atoms with Gasteiger partial charge in [-0.05, 0) is 86.6 Å². The van der Waals surface area contributed by atoms with E-state index in [4.69, 9.17) is 4.74 Å². The molecule has 1 heterocycles. The van der Waals surface area contributed by atoms with Crippen LogP contribution in [0.1, 0.15) is 73.0 Å². The Morgan fingerprint density at radius 1 is 1.09 bits per heavy atom. The minimum Gasteiger partial charge on any atom is -0.478 e. The SMILES string of the molecule is Cc1cccc(C)c1-c1nc(NS(=O)(=O)c2cccc(C(=O)O)c2)nc(OC[C@@H](CC(C)C)NC2CC3(CC3)C2)c1C(F)(F)F. The summed E-state index contributed by atoms with van der Waals surface area (Å²) >= 11 is 0. The molecule has 13 heteroatoms. The molecule has 1 aromatic heterocycles. The lowest BCUT2D eigenvalue weighted by Crippen LogP contribution is -2.49. The van der Waals surface area contributed by atoms with Crippen LogP contribution in [0.4, 0.5) is 19.1 Å². The number of anilines is 1. The molecule has 2 aliphatic carbocycles. The molecule has 0 radical (unpaired) electrons. The summed E-state index contributed by atoms with van der Waals surface area (Å²) in [6.07, 6.45) is 0.210. The van der Waals surface area contributed by atoms with E-state index in [9.17, 15) is 31.5 Å². The average Bonchev–Trinajstić information content (AvgIpc) is 3.71. The fourth-order valence-electron chi connectivity index (χ4n) is 6.14. The van der Waals surface area contributed by atoms with Crippen LogP contribution in [0.3, 0.4) is 0 Å². The number of benzene rings is 2. The first-order chi connectivity index (χ1) is 21.1. The number of carboxylic acids is 1. The highest BCUT2D eigenvalue weighted by Gasteiger charge is 2.53. The third-order valence-corrected chi connectivity index (χ3v) is 9.78. The Kier molecular flexibility index (Phi) is 8.89. The zero-order chi connectivity index (χ0) is 32.7. The van der Waals surface area contributed by atoms with E-state index >= 15 is 0 Å². The van der Waals surface area contributed by atoms with Gasteiger partial charge in [-0.2, -0.15) is 18.2 Å². The van der Waals surface area contributed by atoms with Crippen LogP contribution in [0.25, 0.3) is 11.3 Å². The minimum atomic E-state index is -4.94. The van der Waals surface area contributed by atoms with E-state index in [-0.39, 0.29) is 35.7 Å². The first-order valence-corrected chi connectivity index (χ1v) is 16.4. The Balaban J connectivity index is 1.56. The van der Waals surface area contributed by atoms with Crippen LogP contribution in [0, 0.1) is 25.2 Å². The van der Waals surface area contributed by atoms with Gasteiger partial charge in [0.25, 0.3) is 10.0 Å². The molecular formula is C32H37F3N4O5S. The highest BCUT2D eigenvalue weighted by Crippen LogP contribution is 2.60. The molecule has 5 rings (SSSR count). The number of hydrogen-bond acceptors (Lipinski definition) is 7. The number of carbonyl (C=O) groups is 1. The number of alkyl halides is 3. The lowest BCUT2D eigenvalue weighted by Gasteiger charge is -2.39. The molecule has 3 aromatic rings. The highest BCUT2D eigenvalue weighted by atomic mass is 32.2. The van der Waals surface area contributed by atoms with Crippen LogP contribution in [0.15, 0.2) is 47.4 Å². The van der Waals surface area contributed by atoms with Gasteiger partial charge >= 0.3 is 12.1 Å². The van der Waals surface area contributed by atoms with Gasteiger partial charge in [0.05, 0.1) is 16.2 Å². The maximum absolute atomic E-state index is 14.8. The summed E-state index contributed by atoms with van der Waals surface area (Å²) < 4.78 is 79.2. The van der Waals surface area contributed by atoms with E-state index < -0.39 is 50.2 Å². The van der Waals surface area contributed by atoms with Crippen molar-refractivity contribution in [2.75, 3.05) is 11.3 Å². The Morgan fingerprint density at radius 3 is 2.31 bits per heavy atom. The van der Waals surface area contributed by atoms with Gasteiger partial charge in [-0.3, -0.25) is 0 Å². The Hall–Kier alpha value is -3.71. The Bertz CT molecular complexity index is 1680. The van der Waals surface area contributed by atoms with Crippen LogP contribution in [0.5, 0.6) is 5.88 Å². The first kappa shape index (κ1) is 32.7. The van der Waals surface area contributed by atoms with E-state index in [2.05, 4.69) is 20.0 Å². The molecule has 2 aliphatic rings. The fraction of sp³-hybridized carbons (Fsp3) is 0.469. The van der Waals surface area contributed by atoms with Crippen molar-refractivity contribution in [3.63, 3.8) is 0 Å². The van der Waals surface area contributed by atoms with Crippen LogP contribution >= 0.6 is 0 Å². The smallest absolute Gasteiger partial charge is 0.423 e. The molecule has 3 N–H and O–H groups in total. The Morgan fingerprint density at radius 2 is 1.73 bits per heavy atom. The lowest BCUT2D eigenvalue weighted by atomic mass is 9.76. The standard InChI is InChI=1S/C32H37F3N4O5S/c1-18(2)13-22(36-23-15-31(16-23)11-12-31)17-44-28-26(32(33,34)35)27(25-19(3)7-5-8-20(25)4)37-30(38-28)39-45(42,43)24-10-6-9-21(14-24)29(40)41/h5-10,14,18,22-23,36H,11-13,15-17H2,1-4H3,(H,40,41)(H,37,38,39)/t22-/m1/s1. The molecule has 9 nitrogen and oxygen atoms in total. The molecule has 45 heavy (non-hydrogen) atoms. The molecule has 0 aliphatic heterocycles. The van der Waals surface area contributed by atoms with Gasteiger partial charge in [0.2, 0.25) is 11.8 Å². The van der Waals surface area contributed by atoms with Gasteiger partial charge in [0.1, 0.15) is 12.2 Å². The molecule has 1 atom stereocenters. The monoisotopic (exact) mass is 646 g/mol. The molecule has 2 aromatic carbocycles. The summed E-state index contributed by atoms with van der Waals surface area (Å²) in [6, 6.07) is 9.55. The second-order valence-electron chi connectivity index (χ2n) is 12.7. The van der Waals surface area contributed by atoms with Crippen molar-refractivity contribution in [3.8, 4) is 17.1 Å². The second kappa shape index (κ2) is 12.2. The largest absolute Gasteiger partial charge is 0.478 e. The van der Waals surface area contributed by atoms with Crippen molar-refractivity contribution in [1.82, 2.24) is 15.3 Å². The quantitative estimate of drug-likeness (QED) is 0.201. The summed E-state index contributed by atoms with van der Waals surface area (Å²) in [4.78, 5) is 19.1. The van der Waals surface area contributed by atoms with Crippen molar-refractivity contribution in [3.05, 3.63) is 64.7 Å². The van der Waals surface area contributed by atoms with Gasteiger partial charge in [-0.25, -0.2) is 22.9 Å². The van der Waals surface area contributed by atoms with E-state index in [1.165, 1.54) is 25.0 Å². The average molecular weight is 647 g/mol. The Labute approximate surface area is 260 Å². The summed E-state index contributed by atoms with van der Waals surface area (Å²) in [5.41, 5.74) is -0.422. The summed E-state index contributed by atoms with van der Waals surface area (Å²) in [7, 11) is -4.51. The molecule has 0 bridgehead atoms. The van der Waals surface area contributed by atoms with Crippen molar-refractivity contribution < 1.29 is 36.2 Å². The predicted molar refractivity (Wildman–Crippen MR) is 163 cm³/mol. The minimum absolute atomic E-state index is 0.124. The van der Waals surface area contributed by atoms with Crippen molar-refractivity contribution in [1.29, 1.82) is 0 Å². The number of carboxylic acid groups (broad SMARTS) is 1. The lowest BCUT2D eigenvalue weighted by molar-refractivity contribution is -0.139. The number of nitrogens with one attached hydrogen (secondary N) is 2. The van der Waals surface area contributed by atoms with Crippen molar-refractivity contribution in [2.45, 2.75) is 83.0 Å². The van der Waals surface area contributed by atoms with Gasteiger partial charge in [-0.15, -0.1) is 0 Å². The fourth-order valence-corrected chi connectivity index (χ4v) is 7.13. The molecule has 0 unspecified atom stereocenters. The highest BCUT2D eigenvalue weighted by molar-refractivity contribution is 7.92. The van der Waals surface area contributed by atoms with Crippen LogP contribution < -0.4 is 14.8 Å². The molecule has 1 spiro atoms. The van der Waals surface area contributed by atoms with Crippen molar-refractivity contribution >= 4 is 21.9 Å². The van der Waals surface area contributed by atoms with Crippen LogP contribution in [0.2, 0.25) is 0 Å². The molecule has 242 valence electrons. The van der Waals surface area contributed by atoms with Gasteiger partial charge in [0, 0.05) is 17.6 Å². The summed E-state index contributed by atoms with van der Waals surface area (Å²) in [6.45, 7) is 7.20. The summed E-state index contributed by atoms with van der Waals surface area (Å²) in [5.74, 6) is -2.54. The topological polar surface area (TPSA) is 131 Å². The molecule has 0 saturated heterocycles. The van der Waals surface area contributed by atoms with E-state index in [1.807, 2.05) is 13.8 Å². The van der Waals surface area contributed by atoms with Crippen LogP contribution in [-0.4, -0.2) is 48.2 Å². The zero-order valence-corrected chi connectivity index (χ0v) is 26.3. The number of aryl methyl sites for hydroxylation is 2. The number of halogens is 3. The molecule has 2 saturated carbocycles. The summed E-state index contributed by atoms with van der Waals surface area (Å²) in [5, 5.41) is 12.9. The first-order valence-electron chi connectivity index (χ1n) is 14.9. The van der Waals surface area contributed by atoms with E-state index in [1.54, 1.807) is 32.0 Å². The third kappa shape index (κ3) is 7.41. The second-order valence-corrected chi connectivity index (χ2v) is 14.4. The maximum atomic E-state index is 14.8. The van der Waals surface area contributed by atoms with Crippen molar-refractivity contribution in [2.24, 2.45) is 11.3 Å². The number of hydrogen-bond donors (Lipinski definition) is 3. The maximum Gasteiger partial charge on any atom is 0.423 e. The number of sulfonamides is 1. The number of nitrogens with zero attached hydrogens (tertiary/aromatic N) is 2. The van der Waals surface area contributed by atoms with E-state index in [0.717, 1.165) is 25.0 Å². The number of rotatable bonds is 12. The molecule has 2 fully saturated rings. The van der Waals surface area contributed by atoms with Gasteiger partial charge < -0.3 is 15.2 Å². The predicted octanol–water partition coefficient (Wildman–Crippen LogP) is 6.60. The van der Waals surface area contributed by atoms with Gasteiger partial charge in [-0.1, -0.05) is 38.1 Å². The number of aromatic nitrogens is 2. The number of ether oxygens (including phenoxy) is 1. The zero-order valence-electron chi connectivity index (χ0n) is 25.5. The van der Waals surface area contributed by atoms with E-state index in [0.29, 0.717) is 23.0 Å². The molecule has 0 amide bonds.